The van der Waals surface area contributed by atoms with E-state index < -0.39 is 0 Å². The van der Waals surface area contributed by atoms with Gasteiger partial charge in [-0.1, -0.05) is 68.5 Å². The zero-order chi connectivity index (χ0) is 14.8. The van der Waals surface area contributed by atoms with Crippen LogP contribution in [0.25, 0.3) is 0 Å². The number of aromatic hydroxyl groups is 1. The third-order valence-electron chi connectivity index (χ3n) is 3.79. The molecule has 0 saturated carbocycles. The first kappa shape index (κ1) is 14.4. The van der Waals surface area contributed by atoms with E-state index in [2.05, 4.69) is 50.8 Å². The zero-order valence-corrected chi connectivity index (χ0v) is 12.5. The van der Waals surface area contributed by atoms with Crippen molar-refractivity contribution in [3.63, 3.8) is 0 Å². The monoisotopic (exact) mass is 266 g/mol. The Bertz CT molecular complexity index is 609. The lowest BCUT2D eigenvalue weighted by atomic mass is 9.77. The van der Waals surface area contributed by atoms with Crippen molar-refractivity contribution >= 4 is 0 Å². The number of phenolic OH excluding ortho intramolecular Hbond substituents is 1. The Labute approximate surface area is 121 Å². The van der Waals surface area contributed by atoms with Crippen molar-refractivity contribution in [2.24, 2.45) is 0 Å². The molecule has 0 atom stereocenters. The Balaban J connectivity index is 2.44. The van der Waals surface area contributed by atoms with Crippen LogP contribution in [0.3, 0.4) is 0 Å². The lowest BCUT2D eigenvalue weighted by molar-refractivity contribution is 0.468. The number of allylic oxidation sites excluding steroid dienone is 1. The maximum atomic E-state index is 9.98. The summed E-state index contributed by atoms with van der Waals surface area (Å²) in [5, 5.41) is 9.98. The molecule has 2 aromatic rings. The molecule has 1 N–H and O–H groups in total. The second kappa shape index (κ2) is 5.54. The highest BCUT2D eigenvalue weighted by atomic mass is 16.3. The number of hydrogen-bond donors (Lipinski definition) is 1. The predicted octanol–water partition coefficient (Wildman–Crippen LogP) is 4.84. The Morgan fingerprint density at radius 3 is 2.30 bits per heavy atom. The average Bonchev–Trinajstić information content (AvgIpc) is 2.41. The molecule has 20 heavy (non-hydrogen) atoms. The molecule has 0 saturated heterocycles. The Hall–Kier alpha value is -2.02. The van der Waals surface area contributed by atoms with Crippen LogP contribution in [0.5, 0.6) is 5.75 Å². The fourth-order valence-corrected chi connectivity index (χ4v) is 2.46. The van der Waals surface area contributed by atoms with Gasteiger partial charge in [-0.3, -0.25) is 0 Å². The number of rotatable bonds is 4. The molecule has 0 aliphatic carbocycles. The molecule has 1 nitrogen and oxygen atoms in total. The molecular formula is C19H22O. The van der Waals surface area contributed by atoms with Crippen LogP contribution in [0.15, 0.2) is 60.7 Å². The lowest BCUT2D eigenvalue weighted by Crippen LogP contribution is -2.19. The van der Waals surface area contributed by atoms with E-state index in [1.165, 1.54) is 11.1 Å². The van der Waals surface area contributed by atoms with Gasteiger partial charge in [-0.15, -0.1) is 0 Å². The molecule has 0 amide bonds. The van der Waals surface area contributed by atoms with Gasteiger partial charge in [0.2, 0.25) is 0 Å². The number of benzene rings is 2. The fourth-order valence-electron chi connectivity index (χ4n) is 2.46. The summed E-state index contributed by atoms with van der Waals surface area (Å²) < 4.78 is 0. The van der Waals surface area contributed by atoms with Crippen molar-refractivity contribution in [3.8, 4) is 5.75 Å². The van der Waals surface area contributed by atoms with E-state index in [4.69, 9.17) is 0 Å². The molecule has 2 rings (SSSR count). The fraction of sp³-hybridized carbons (Fsp3) is 0.263. The summed E-state index contributed by atoms with van der Waals surface area (Å²) in [6.07, 6.45) is 0.713. The summed E-state index contributed by atoms with van der Waals surface area (Å²) in [6.45, 7) is 10.3. The summed E-state index contributed by atoms with van der Waals surface area (Å²) in [5.74, 6) is 0.348. The predicted molar refractivity (Wildman–Crippen MR) is 85.2 cm³/mol. The molecule has 0 aromatic heterocycles. The minimum atomic E-state index is -0.0845. The van der Waals surface area contributed by atoms with Crippen LogP contribution < -0.4 is 0 Å². The van der Waals surface area contributed by atoms with Crippen LogP contribution in [0.2, 0.25) is 0 Å². The van der Waals surface area contributed by atoms with Gasteiger partial charge in [0.15, 0.2) is 0 Å². The maximum absolute atomic E-state index is 9.98. The summed E-state index contributed by atoms with van der Waals surface area (Å²) in [4.78, 5) is 0. The molecule has 2 aromatic carbocycles. The van der Waals surface area contributed by atoms with Gasteiger partial charge in [-0.25, -0.2) is 0 Å². The van der Waals surface area contributed by atoms with Gasteiger partial charge in [-0.2, -0.15) is 0 Å². The number of hydrogen-bond acceptors (Lipinski definition) is 1. The van der Waals surface area contributed by atoms with E-state index in [0.29, 0.717) is 12.2 Å². The minimum Gasteiger partial charge on any atom is -0.508 e. The SMILES string of the molecule is C=C(C)Cc1cc(C(C)(C)c2ccccc2)ccc1O. The van der Waals surface area contributed by atoms with Crippen molar-refractivity contribution < 1.29 is 5.11 Å². The van der Waals surface area contributed by atoms with Crippen molar-refractivity contribution in [1.29, 1.82) is 0 Å². The second-order valence-corrected chi connectivity index (χ2v) is 5.97. The Morgan fingerprint density at radius 2 is 1.70 bits per heavy atom. The van der Waals surface area contributed by atoms with Crippen molar-refractivity contribution in [2.45, 2.75) is 32.6 Å². The van der Waals surface area contributed by atoms with Crippen molar-refractivity contribution in [3.05, 3.63) is 77.4 Å². The van der Waals surface area contributed by atoms with E-state index in [1.807, 2.05) is 19.1 Å². The topological polar surface area (TPSA) is 20.2 Å². The van der Waals surface area contributed by atoms with Crippen molar-refractivity contribution in [2.75, 3.05) is 0 Å². The lowest BCUT2D eigenvalue weighted by Gasteiger charge is -2.27. The Kier molecular flexibility index (Phi) is 3.99. The maximum Gasteiger partial charge on any atom is 0.119 e. The van der Waals surface area contributed by atoms with Crippen LogP contribution in [0.4, 0.5) is 0 Å². The van der Waals surface area contributed by atoms with Gasteiger partial charge < -0.3 is 5.11 Å². The van der Waals surface area contributed by atoms with Crippen LogP contribution in [0, 0.1) is 0 Å². The highest BCUT2D eigenvalue weighted by Crippen LogP contribution is 2.34. The molecule has 0 bridgehead atoms. The molecule has 0 fully saturated rings. The van der Waals surface area contributed by atoms with Crippen LogP contribution in [0.1, 0.15) is 37.5 Å². The van der Waals surface area contributed by atoms with E-state index >= 15 is 0 Å². The minimum absolute atomic E-state index is 0.0845. The third-order valence-corrected chi connectivity index (χ3v) is 3.79. The normalized spacial score (nSPS) is 11.3. The first-order valence-electron chi connectivity index (χ1n) is 6.93. The quantitative estimate of drug-likeness (QED) is 0.785. The molecule has 0 unspecified atom stereocenters. The molecule has 0 spiro atoms. The second-order valence-electron chi connectivity index (χ2n) is 5.97. The standard InChI is InChI=1S/C19H22O/c1-14(2)12-15-13-17(10-11-18(15)20)19(3,4)16-8-6-5-7-9-16/h5-11,13,20H,1,12H2,2-4H3. The smallest absolute Gasteiger partial charge is 0.119 e. The number of phenols is 1. The van der Waals surface area contributed by atoms with Crippen LogP contribution >= 0.6 is 0 Å². The highest BCUT2D eigenvalue weighted by Gasteiger charge is 2.23. The first-order chi connectivity index (χ1) is 9.41. The van der Waals surface area contributed by atoms with Crippen LogP contribution in [-0.4, -0.2) is 5.11 Å². The first-order valence-corrected chi connectivity index (χ1v) is 6.93. The third kappa shape index (κ3) is 2.93. The van der Waals surface area contributed by atoms with Gasteiger partial charge in [0.1, 0.15) is 5.75 Å². The van der Waals surface area contributed by atoms with E-state index in [-0.39, 0.29) is 5.41 Å². The zero-order valence-electron chi connectivity index (χ0n) is 12.5. The highest BCUT2D eigenvalue weighted by molar-refractivity contribution is 5.44. The van der Waals surface area contributed by atoms with E-state index in [1.54, 1.807) is 6.07 Å². The van der Waals surface area contributed by atoms with E-state index in [0.717, 1.165) is 11.1 Å². The molecule has 0 aliphatic heterocycles. The Morgan fingerprint density at radius 1 is 1.05 bits per heavy atom. The molecule has 104 valence electrons. The molecule has 0 radical (unpaired) electrons. The van der Waals surface area contributed by atoms with Gasteiger partial charge >= 0.3 is 0 Å². The van der Waals surface area contributed by atoms with Gasteiger partial charge in [0, 0.05) is 5.41 Å². The average molecular weight is 266 g/mol. The summed E-state index contributed by atoms with van der Waals surface area (Å²) in [5.41, 5.74) is 4.39. The van der Waals surface area contributed by atoms with Gasteiger partial charge in [0.05, 0.1) is 0 Å². The molecule has 1 heteroatoms. The molecule has 0 aliphatic rings. The van der Waals surface area contributed by atoms with Crippen molar-refractivity contribution in [1.82, 2.24) is 0 Å². The molecular weight excluding hydrogens is 244 g/mol. The van der Waals surface area contributed by atoms with Gasteiger partial charge in [0.25, 0.3) is 0 Å². The molecule has 0 heterocycles. The van der Waals surface area contributed by atoms with Crippen LogP contribution in [-0.2, 0) is 11.8 Å². The summed E-state index contributed by atoms with van der Waals surface area (Å²) in [6, 6.07) is 16.3. The largest absolute Gasteiger partial charge is 0.508 e. The van der Waals surface area contributed by atoms with E-state index in [9.17, 15) is 5.11 Å². The van der Waals surface area contributed by atoms with Gasteiger partial charge in [-0.05, 0) is 36.1 Å². The summed E-state index contributed by atoms with van der Waals surface area (Å²) >= 11 is 0. The summed E-state index contributed by atoms with van der Waals surface area (Å²) in [7, 11) is 0.